The van der Waals surface area contributed by atoms with Gasteiger partial charge in [0.2, 0.25) is 5.91 Å². The lowest BCUT2D eigenvalue weighted by Gasteiger charge is -2.38. The molecular weight excluding hydrogens is 421 g/mol. The Kier molecular flexibility index (Phi) is 9.65. The fraction of sp³-hybridized carbons (Fsp3) is 0.667. The number of halogens is 3. The van der Waals surface area contributed by atoms with E-state index in [9.17, 15) is 4.79 Å². The van der Waals surface area contributed by atoms with E-state index in [0.29, 0.717) is 0 Å². The Morgan fingerprint density at radius 1 is 1.26 bits per heavy atom. The molecule has 0 aliphatic carbocycles. The number of rotatable bonds is 3. The van der Waals surface area contributed by atoms with Crippen molar-refractivity contribution >= 4 is 58.0 Å². The number of amides is 1. The first-order valence-electron chi connectivity index (χ1n) is 7.28. The summed E-state index contributed by atoms with van der Waals surface area (Å²) in [4.78, 5) is 18.1. The first-order valence-corrected chi connectivity index (χ1v) is 8.89. The second-order valence-electron chi connectivity index (χ2n) is 6.65. The summed E-state index contributed by atoms with van der Waals surface area (Å²) in [5, 5.41) is 0. The van der Waals surface area contributed by atoms with Crippen molar-refractivity contribution in [2.24, 2.45) is 11.1 Å². The van der Waals surface area contributed by atoms with Crippen molar-refractivity contribution in [3.8, 4) is 0 Å². The molecule has 0 unspecified atom stereocenters. The Labute approximate surface area is 163 Å². The molecule has 1 aliphatic heterocycles. The van der Waals surface area contributed by atoms with Crippen molar-refractivity contribution in [3.05, 3.63) is 20.8 Å². The van der Waals surface area contributed by atoms with Gasteiger partial charge >= 0.3 is 0 Å². The minimum absolute atomic E-state index is 0. The number of nitrogens with two attached hydrogens (primary N) is 1. The van der Waals surface area contributed by atoms with Gasteiger partial charge < -0.3 is 10.6 Å². The van der Waals surface area contributed by atoms with E-state index in [4.69, 9.17) is 5.73 Å². The molecular formula is C15H26BrCl2N3OS. The number of thiophene rings is 1. The predicted octanol–water partition coefficient (Wildman–Crippen LogP) is 3.37. The largest absolute Gasteiger partial charge is 0.339 e. The SMILES string of the molecule is CC(C)(C)[C@H](N)C(=O)N1CCN(Cc2ccc(Br)s2)CC1.Cl.Cl. The maximum Gasteiger partial charge on any atom is 0.240 e. The summed E-state index contributed by atoms with van der Waals surface area (Å²) >= 11 is 5.26. The summed E-state index contributed by atoms with van der Waals surface area (Å²) in [5.74, 6) is 0.0843. The van der Waals surface area contributed by atoms with Crippen LogP contribution in [0.15, 0.2) is 15.9 Å². The molecule has 0 radical (unpaired) electrons. The smallest absolute Gasteiger partial charge is 0.240 e. The van der Waals surface area contributed by atoms with Gasteiger partial charge in [0.05, 0.1) is 9.83 Å². The molecule has 1 fully saturated rings. The molecule has 0 spiro atoms. The highest BCUT2D eigenvalue weighted by Gasteiger charge is 2.32. The molecule has 2 rings (SSSR count). The number of piperazine rings is 1. The normalized spacial score (nSPS) is 17.2. The molecule has 1 amide bonds. The summed E-state index contributed by atoms with van der Waals surface area (Å²) in [6.45, 7) is 10.4. The van der Waals surface area contributed by atoms with E-state index in [0.717, 1.165) is 32.7 Å². The van der Waals surface area contributed by atoms with Gasteiger partial charge in [0.1, 0.15) is 0 Å². The third-order valence-corrected chi connectivity index (χ3v) is 5.50. The highest BCUT2D eigenvalue weighted by Crippen LogP contribution is 2.24. The van der Waals surface area contributed by atoms with Crippen LogP contribution in [0.1, 0.15) is 25.6 Å². The van der Waals surface area contributed by atoms with Crippen LogP contribution >= 0.6 is 52.1 Å². The molecule has 2 N–H and O–H groups in total. The van der Waals surface area contributed by atoms with Crippen molar-refractivity contribution < 1.29 is 4.79 Å². The summed E-state index contributed by atoms with van der Waals surface area (Å²) in [6.07, 6.45) is 0. The van der Waals surface area contributed by atoms with Crippen LogP contribution in [0.25, 0.3) is 0 Å². The second kappa shape index (κ2) is 9.59. The molecule has 0 bridgehead atoms. The van der Waals surface area contributed by atoms with Crippen molar-refractivity contribution in [2.75, 3.05) is 26.2 Å². The number of nitrogens with zero attached hydrogens (tertiary/aromatic N) is 2. The third kappa shape index (κ3) is 6.52. The van der Waals surface area contributed by atoms with Crippen LogP contribution in [0.2, 0.25) is 0 Å². The minimum atomic E-state index is -0.419. The highest BCUT2D eigenvalue weighted by atomic mass is 79.9. The molecule has 1 aliphatic rings. The summed E-state index contributed by atoms with van der Waals surface area (Å²) in [5.41, 5.74) is 5.89. The quantitative estimate of drug-likeness (QED) is 0.774. The maximum absolute atomic E-state index is 12.4. The molecule has 23 heavy (non-hydrogen) atoms. The van der Waals surface area contributed by atoms with Crippen molar-refractivity contribution in [1.82, 2.24) is 9.80 Å². The first kappa shape index (κ1) is 23.1. The molecule has 0 aromatic carbocycles. The van der Waals surface area contributed by atoms with E-state index >= 15 is 0 Å². The fourth-order valence-electron chi connectivity index (χ4n) is 2.35. The number of carbonyl (C=O) groups is 1. The van der Waals surface area contributed by atoms with Gasteiger partial charge in [-0.25, -0.2) is 0 Å². The van der Waals surface area contributed by atoms with Crippen molar-refractivity contribution in [3.63, 3.8) is 0 Å². The molecule has 8 heteroatoms. The van der Waals surface area contributed by atoms with E-state index in [1.165, 1.54) is 8.66 Å². The summed E-state index contributed by atoms with van der Waals surface area (Å²) < 4.78 is 1.17. The topological polar surface area (TPSA) is 49.6 Å². The predicted molar refractivity (Wildman–Crippen MR) is 106 cm³/mol. The van der Waals surface area contributed by atoms with Crippen molar-refractivity contribution in [2.45, 2.75) is 33.4 Å². The zero-order valence-corrected chi connectivity index (χ0v) is 17.8. The molecule has 4 nitrogen and oxygen atoms in total. The Balaban J connectivity index is 0.00000242. The van der Waals surface area contributed by atoms with Gasteiger partial charge in [-0.05, 0) is 33.5 Å². The van der Waals surface area contributed by atoms with Gasteiger partial charge in [-0.2, -0.15) is 0 Å². The average molecular weight is 447 g/mol. The lowest BCUT2D eigenvalue weighted by molar-refractivity contribution is -0.136. The molecule has 1 saturated heterocycles. The van der Waals surface area contributed by atoms with Crippen LogP contribution in [0.4, 0.5) is 0 Å². The Bertz CT molecular complexity index is 499. The molecule has 1 atom stereocenters. The Morgan fingerprint density at radius 2 is 1.83 bits per heavy atom. The van der Waals surface area contributed by atoms with Gasteiger partial charge in [0.25, 0.3) is 0 Å². The number of hydrogen-bond acceptors (Lipinski definition) is 4. The van der Waals surface area contributed by atoms with Gasteiger partial charge in [-0.1, -0.05) is 20.8 Å². The zero-order chi connectivity index (χ0) is 15.6. The van der Waals surface area contributed by atoms with Gasteiger partial charge in [0.15, 0.2) is 0 Å². The fourth-order valence-corrected chi connectivity index (χ4v) is 3.88. The summed E-state index contributed by atoms with van der Waals surface area (Å²) in [6, 6.07) is 3.82. The van der Waals surface area contributed by atoms with Gasteiger partial charge in [-0.15, -0.1) is 36.2 Å². The first-order chi connectivity index (χ1) is 9.77. The number of hydrogen-bond donors (Lipinski definition) is 1. The van der Waals surface area contributed by atoms with E-state index < -0.39 is 6.04 Å². The molecule has 0 saturated carbocycles. The van der Waals surface area contributed by atoms with E-state index in [2.05, 4.69) is 33.0 Å². The maximum atomic E-state index is 12.4. The lowest BCUT2D eigenvalue weighted by atomic mass is 9.86. The second-order valence-corrected chi connectivity index (χ2v) is 9.20. The Morgan fingerprint density at radius 3 is 2.26 bits per heavy atom. The molecule has 2 heterocycles. The highest BCUT2D eigenvalue weighted by molar-refractivity contribution is 9.11. The third-order valence-electron chi connectivity index (χ3n) is 3.89. The van der Waals surface area contributed by atoms with Crippen LogP contribution in [0.5, 0.6) is 0 Å². The van der Waals surface area contributed by atoms with Crippen LogP contribution < -0.4 is 5.73 Å². The average Bonchev–Trinajstić information content (AvgIpc) is 2.82. The van der Waals surface area contributed by atoms with Crippen LogP contribution in [-0.4, -0.2) is 47.9 Å². The van der Waals surface area contributed by atoms with Crippen LogP contribution in [-0.2, 0) is 11.3 Å². The van der Waals surface area contributed by atoms with E-state index in [1.54, 1.807) is 11.3 Å². The van der Waals surface area contributed by atoms with Crippen molar-refractivity contribution in [1.29, 1.82) is 0 Å². The van der Waals surface area contributed by atoms with E-state index in [-0.39, 0.29) is 36.1 Å². The number of carbonyl (C=O) groups excluding carboxylic acids is 1. The van der Waals surface area contributed by atoms with Gasteiger partial charge in [-0.3, -0.25) is 9.69 Å². The van der Waals surface area contributed by atoms with E-state index in [1.807, 2.05) is 25.7 Å². The lowest BCUT2D eigenvalue weighted by Crippen LogP contribution is -2.55. The Hall–Kier alpha value is 0.150. The molecule has 1 aromatic heterocycles. The van der Waals surface area contributed by atoms with Gasteiger partial charge in [0, 0.05) is 37.6 Å². The molecule has 134 valence electrons. The van der Waals surface area contributed by atoms with Crippen LogP contribution in [0, 0.1) is 5.41 Å². The monoisotopic (exact) mass is 445 g/mol. The molecule has 1 aromatic rings. The summed E-state index contributed by atoms with van der Waals surface area (Å²) in [7, 11) is 0. The minimum Gasteiger partial charge on any atom is -0.339 e. The van der Waals surface area contributed by atoms with Crippen LogP contribution in [0.3, 0.4) is 0 Å². The zero-order valence-electron chi connectivity index (χ0n) is 13.8. The standard InChI is InChI=1S/C15H24BrN3OS.2ClH/c1-15(2,3)13(17)14(20)19-8-6-18(7-9-19)10-11-4-5-12(16)21-11;;/h4-5,13H,6-10,17H2,1-3H3;2*1H/t13-;;/m1../s1.